The molecule has 0 unspecified atom stereocenters. The number of carbonyl (C=O) groups excluding carboxylic acids is 1. The molecule has 0 spiro atoms. The third-order valence-corrected chi connectivity index (χ3v) is 6.90. The van der Waals surface area contributed by atoms with Crippen molar-refractivity contribution in [3.8, 4) is 0 Å². The smallest absolute Gasteiger partial charge is 0.230 e. The summed E-state index contributed by atoms with van der Waals surface area (Å²) >= 11 is 6.89. The van der Waals surface area contributed by atoms with Crippen molar-refractivity contribution in [2.24, 2.45) is 17.3 Å². The number of benzene rings is 1. The van der Waals surface area contributed by atoms with Gasteiger partial charge in [0.1, 0.15) is 0 Å². The summed E-state index contributed by atoms with van der Waals surface area (Å²) in [6.07, 6.45) is 6.42. The number of rotatable bonds is 2. The maximum atomic E-state index is 13.3. The van der Waals surface area contributed by atoms with Crippen LogP contribution in [0.1, 0.15) is 64.9 Å². The minimum absolute atomic E-state index is 0.0129. The van der Waals surface area contributed by atoms with E-state index < -0.39 is 0 Å². The highest BCUT2D eigenvalue weighted by Gasteiger charge is 2.60. The summed E-state index contributed by atoms with van der Waals surface area (Å²) < 4.78 is 0. The number of amides is 1. The number of nitrogens with one attached hydrogen (secondary N) is 1. The molecular formula is C21H28ClNO. The van der Waals surface area contributed by atoms with Crippen molar-refractivity contribution < 1.29 is 4.79 Å². The number of hydrogen-bond acceptors (Lipinski definition) is 1. The lowest BCUT2D eigenvalue weighted by Crippen LogP contribution is -2.57. The van der Waals surface area contributed by atoms with Crippen LogP contribution in [0.5, 0.6) is 0 Å². The number of carbonyl (C=O) groups is 1. The number of hydrogen-bond donors (Lipinski definition) is 1. The zero-order valence-electron chi connectivity index (χ0n) is 15.0. The molecule has 1 N–H and O–H groups in total. The largest absolute Gasteiger partial charge is 0.325 e. The number of para-hydroxylation sites is 1. The van der Waals surface area contributed by atoms with E-state index in [1.165, 1.54) is 12.0 Å². The quantitative estimate of drug-likeness (QED) is 0.704. The van der Waals surface area contributed by atoms with Crippen molar-refractivity contribution in [3.05, 3.63) is 29.8 Å². The van der Waals surface area contributed by atoms with Gasteiger partial charge in [0.15, 0.2) is 0 Å². The predicted octanol–water partition coefficient (Wildman–Crippen LogP) is 5.50. The standard InChI is InChI=1S/C21H28ClNO/c1-19(2,3)16-6-4-5-7-17(16)23-18(24)20-9-14-8-15(10-20)12-21(22,11-14)13-20/h4-7,14-15H,8-13H2,1-3H3,(H,23,24)/t14-,15-,20?,21?/m1/s1. The van der Waals surface area contributed by atoms with E-state index in [-0.39, 0.29) is 21.6 Å². The van der Waals surface area contributed by atoms with E-state index in [2.05, 4.69) is 38.2 Å². The van der Waals surface area contributed by atoms with Crippen LogP contribution in [0.25, 0.3) is 0 Å². The fourth-order valence-electron chi connectivity index (χ4n) is 5.92. The lowest BCUT2D eigenvalue weighted by atomic mass is 9.49. The molecule has 0 aliphatic heterocycles. The number of anilines is 1. The van der Waals surface area contributed by atoms with Crippen LogP contribution in [0.4, 0.5) is 5.69 Å². The van der Waals surface area contributed by atoms with E-state index in [1.54, 1.807) is 0 Å². The molecule has 3 heteroatoms. The molecule has 1 amide bonds. The first-order valence-corrected chi connectivity index (χ1v) is 9.67. The Hall–Kier alpha value is -1.02. The lowest BCUT2D eigenvalue weighted by molar-refractivity contribution is -0.138. The molecule has 0 aromatic heterocycles. The van der Waals surface area contributed by atoms with Crippen molar-refractivity contribution >= 4 is 23.2 Å². The molecular weight excluding hydrogens is 318 g/mol. The van der Waals surface area contributed by atoms with Crippen LogP contribution in [0.15, 0.2) is 24.3 Å². The molecule has 0 saturated heterocycles. The van der Waals surface area contributed by atoms with Gasteiger partial charge in [-0.05, 0) is 67.4 Å². The summed E-state index contributed by atoms with van der Waals surface area (Å²) in [7, 11) is 0. The van der Waals surface area contributed by atoms with E-state index in [0.29, 0.717) is 11.8 Å². The van der Waals surface area contributed by atoms with E-state index in [9.17, 15) is 4.79 Å². The van der Waals surface area contributed by atoms with Gasteiger partial charge >= 0.3 is 0 Å². The van der Waals surface area contributed by atoms with Crippen LogP contribution in [-0.4, -0.2) is 10.8 Å². The highest BCUT2D eigenvalue weighted by atomic mass is 35.5. The normalized spacial score (nSPS) is 37.5. The van der Waals surface area contributed by atoms with Crippen LogP contribution in [0, 0.1) is 17.3 Å². The number of halogens is 1. The number of alkyl halides is 1. The topological polar surface area (TPSA) is 29.1 Å². The summed E-state index contributed by atoms with van der Waals surface area (Å²) in [6.45, 7) is 6.57. The second-order valence-electron chi connectivity index (χ2n) is 9.64. The first-order chi connectivity index (χ1) is 11.2. The first kappa shape index (κ1) is 16.4. The molecule has 4 saturated carbocycles. The Bertz CT molecular complexity index is 661. The van der Waals surface area contributed by atoms with Gasteiger partial charge in [0.25, 0.3) is 0 Å². The van der Waals surface area contributed by atoms with Crippen LogP contribution in [0.3, 0.4) is 0 Å². The van der Waals surface area contributed by atoms with E-state index in [4.69, 9.17) is 11.6 Å². The van der Waals surface area contributed by atoms with Crippen LogP contribution < -0.4 is 5.32 Å². The van der Waals surface area contributed by atoms with Crippen LogP contribution in [-0.2, 0) is 10.2 Å². The lowest BCUT2D eigenvalue weighted by Gasteiger charge is -2.59. The van der Waals surface area contributed by atoms with Gasteiger partial charge in [0.2, 0.25) is 5.91 Å². The summed E-state index contributed by atoms with van der Waals surface area (Å²) in [5, 5.41) is 3.29. The predicted molar refractivity (Wildman–Crippen MR) is 99.5 cm³/mol. The van der Waals surface area contributed by atoms with Crippen molar-refractivity contribution in [1.82, 2.24) is 0 Å². The van der Waals surface area contributed by atoms with Gasteiger partial charge in [0.05, 0.1) is 5.41 Å². The monoisotopic (exact) mass is 345 g/mol. The van der Waals surface area contributed by atoms with Gasteiger partial charge in [-0.3, -0.25) is 4.79 Å². The maximum absolute atomic E-state index is 13.3. The Morgan fingerprint density at radius 1 is 1.12 bits per heavy atom. The van der Waals surface area contributed by atoms with Gasteiger partial charge in [-0.2, -0.15) is 0 Å². The Morgan fingerprint density at radius 2 is 1.75 bits per heavy atom. The maximum Gasteiger partial charge on any atom is 0.230 e. The SMILES string of the molecule is CC(C)(C)c1ccccc1NC(=O)C12C[C@H]3C[C@@H](CC(Cl)(C3)C1)C2. The molecule has 1 aromatic rings. The molecule has 4 bridgehead atoms. The molecule has 2 nitrogen and oxygen atoms in total. The Balaban J connectivity index is 1.62. The summed E-state index contributed by atoms with van der Waals surface area (Å²) in [4.78, 5) is 13.2. The third-order valence-electron chi connectivity index (χ3n) is 6.45. The molecule has 5 rings (SSSR count). The van der Waals surface area contributed by atoms with Crippen molar-refractivity contribution in [2.75, 3.05) is 5.32 Å². The third kappa shape index (κ3) is 2.67. The van der Waals surface area contributed by atoms with Crippen molar-refractivity contribution in [1.29, 1.82) is 0 Å². The minimum atomic E-state index is -0.239. The molecule has 1 aromatic carbocycles. The first-order valence-electron chi connectivity index (χ1n) is 9.29. The average Bonchev–Trinajstić information content (AvgIpc) is 2.44. The van der Waals surface area contributed by atoms with E-state index >= 15 is 0 Å². The molecule has 4 fully saturated rings. The van der Waals surface area contributed by atoms with Crippen molar-refractivity contribution in [3.63, 3.8) is 0 Å². The van der Waals surface area contributed by atoms with Gasteiger partial charge < -0.3 is 5.32 Å². The summed E-state index contributed by atoms with van der Waals surface area (Å²) in [5.41, 5.74) is 1.94. The van der Waals surface area contributed by atoms with Crippen LogP contribution in [0.2, 0.25) is 0 Å². The van der Waals surface area contributed by atoms with E-state index in [1.807, 2.05) is 12.1 Å². The molecule has 24 heavy (non-hydrogen) atoms. The second kappa shape index (κ2) is 5.24. The highest BCUT2D eigenvalue weighted by molar-refractivity contribution is 6.24. The Labute approximate surface area is 150 Å². The Morgan fingerprint density at radius 3 is 2.33 bits per heavy atom. The molecule has 4 aliphatic carbocycles. The van der Waals surface area contributed by atoms with Gasteiger partial charge in [-0.25, -0.2) is 0 Å². The van der Waals surface area contributed by atoms with E-state index in [0.717, 1.165) is 37.8 Å². The fourth-order valence-corrected chi connectivity index (χ4v) is 6.61. The molecule has 0 radical (unpaired) electrons. The molecule has 0 heterocycles. The minimum Gasteiger partial charge on any atom is -0.325 e. The van der Waals surface area contributed by atoms with Gasteiger partial charge in [0, 0.05) is 10.6 Å². The molecule has 2 atom stereocenters. The average molecular weight is 346 g/mol. The zero-order valence-corrected chi connectivity index (χ0v) is 15.7. The zero-order chi connectivity index (χ0) is 17.2. The second-order valence-corrected chi connectivity index (χ2v) is 10.4. The molecule has 130 valence electrons. The van der Waals surface area contributed by atoms with Gasteiger partial charge in [-0.1, -0.05) is 39.0 Å². The fraction of sp³-hybridized carbons (Fsp3) is 0.667. The summed E-state index contributed by atoms with van der Waals surface area (Å²) in [5.74, 6) is 1.50. The Kier molecular flexibility index (Phi) is 3.59. The summed E-state index contributed by atoms with van der Waals surface area (Å²) in [6, 6.07) is 8.22. The highest BCUT2D eigenvalue weighted by Crippen LogP contribution is 2.64. The van der Waals surface area contributed by atoms with Crippen molar-refractivity contribution in [2.45, 2.75) is 69.6 Å². The van der Waals surface area contributed by atoms with Crippen LogP contribution >= 0.6 is 11.6 Å². The van der Waals surface area contributed by atoms with Gasteiger partial charge in [-0.15, -0.1) is 11.6 Å². The molecule has 4 aliphatic rings.